The summed E-state index contributed by atoms with van der Waals surface area (Å²) < 4.78 is 22.2. The summed E-state index contributed by atoms with van der Waals surface area (Å²) in [6, 6.07) is 0. The summed E-state index contributed by atoms with van der Waals surface area (Å²) in [5, 5.41) is 13.3. The summed E-state index contributed by atoms with van der Waals surface area (Å²) in [7, 11) is -3.37. The van der Waals surface area contributed by atoms with E-state index in [1.807, 2.05) is 13.8 Å². The van der Waals surface area contributed by atoms with Gasteiger partial charge in [-0.2, -0.15) is 5.10 Å². The smallest absolute Gasteiger partial charge is 0.209 e. The van der Waals surface area contributed by atoms with Crippen LogP contribution >= 0.6 is 0 Å². The van der Waals surface area contributed by atoms with Gasteiger partial charge in [0.05, 0.1) is 11.9 Å². The second kappa shape index (κ2) is 5.42. The molecule has 1 aliphatic heterocycles. The SMILES string of the molecule is Cc1cnnc(N2CCC(CS(N)(=O)=O)CC2)c1C. The fourth-order valence-electron chi connectivity index (χ4n) is 2.46. The van der Waals surface area contributed by atoms with Crippen molar-refractivity contribution in [3.63, 3.8) is 0 Å². The van der Waals surface area contributed by atoms with E-state index in [0.29, 0.717) is 0 Å². The highest BCUT2D eigenvalue weighted by Crippen LogP contribution is 2.25. The molecule has 2 rings (SSSR count). The molecule has 2 N–H and O–H groups in total. The molecule has 0 aliphatic carbocycles. The number of sulfonamides is 1. The lowest BCUT2D eigenvalue weighted by molar-refractivity contribution is 0.433. The van der Waals surface area contributed by atoms with E-state index in [1.54, 1.807) is 6.20 Å². The molecule has 1 saturated heterocycles. The van der Waals surface area contributed by atoms with Crippen molar-refractivity contribution < 1.29 is 8.42 Å². The zero-order valence-corrected chi connectivity index (χ0v) is 12.2. The van der Waals surface area contributed by atoms with Crippen LogP contribution in [0.4, 0.5) is 5.82 Å². The lowest BCUT2D eigenvalue weighted by Crippen LogP contribution is -2.38. The highest BCUT2D eigenvalue weighted by Gasteiger charge is 2.24. The predicted octanol–water partition coefficient (Wildman–Crippen LogP) is 0.598. The molecule has 1 aromatic rings. The molecule has 0 bridgehead atoms. The molecule has 0 aromatic carbocycles. The van der Waals surface area contributed by atoms with Gasteiger partial charge in [-0.1, -0.05) is 0 Å². The van der Waals surface area contributed by atoms with E-state index in [0.717, 1.165) is 42.9 Å². The molecule has 19 heavy (non-hydrogen) atoms. The van der Waals surface area contributed by atoms with E-state index >= 15 is 0 Å². The number of primary sulfonamides is 1. The van der Waals surface area contributed by atoms with Crippen molar-refractivity contribution in [2.75, 3.05) is 23.7 Å². The van der Waals surface area contributed by atoms with Crippen LogP contribution in [0, 0.1) is 19.8 Å². The Morgan fingerprint density at radius 2 is 2.00 bits per heavy atom. The number of rotatable bonds is 3. The van der Waals surface area contributed by atoms with E-state index in [4.69, 9.17) is 5.14 Å². The van der Waals surface area contributed by atoms with Crippen LogP contribution < -0.4 is 10.0 Å². The fraction of sp³-hybridized carbons (Fsp3) is 0.667. The maximum absolute atomic E-state index is 11.1. The number of hydrogen-bond acceptors (Lipinski definition) is 5. The number of hydrogen-bond donors (Lipinski definition) is 1. The Balaban J connectivity index is 2.02. The van der Waals surface area contributed by atoms with Crippen molar-refractivity contribution in [3.8, 4) is 0 Å². The van der Waals surface area contributed by atoms with Crippen LogP contribution in [0.25, 0.3) is 0 Å². The van der Waals surface area contributed by atoms with Gasteiger partial charge in [-0.3, -0.25) is 0 Å². The summed E-state index contributed by atoms with van der Waals surface area (Å²) >= 11 is 0. The molecule has 7 heteroatoms. The maximum atomic E-state index is 11.1. The first-order chi connectivity index (χ1) is 8.87. The minimum Gasteiger partial charge on any atom is -0.355 e. The van der Waals surface area contributed by atoms with Crippen LogP contribution in [0.5, 0.6) is 0 Å². The molecule has 0 unspecified atom stereocenters. The largest absolute Gasteiger partial charge is 0.355 e. The first kappa shape index (κ1) is 14.2. The Kier molecular flexibility index (Phi) is 4.05. The van der Waals surface area contributed by atoms with Crippen molar-refractivity contribution in [1.82, 2.24) is 10.2 Å². The highest BCUT2D eigenvalue weighted by atomic mass is 32.2. The third kappa shape index (κ3) is 3.63. The van der Waals surface area contributed by atoms with Crippen LogP contribution in [-0.2, 0) is 10.0 Å². The molecule has 0 amide bonds. The number of anilines is 1. The third-order valence-corrected chi connectivity index (χ3v) is 4.65. The summed E-state index contributed by atoms with van der Waals surface area (Å²) in [6.07, 6.45) is 3.41. The minimum atomic E-state index is -3.37. The zero-order valence-electron chi connectivity index (χ0n) is 11.3. The van der Waals surface area contributed by atoms with Crippen molar-refractivity contribution in [2.24, 2.45) is 11.1 Å². The second-order valence-corrected chi connectivity index (χ2v) is 6.90. The molecule has 0 saturated carbocycles. The molecular formula is C12H20N4O2S. The number of nitrogens with two attached hydrogens (primary N) is 1. The molecule has 1 aliphatic rings. The Bertz CT molecular complexity index is 551. The van der Waals surface area contributed by atoms with Gasteiger partial charge in [0.15, 0.2) is 5.82 Å². The summed E-state index contributed by atoms with van der Waals surface area (Å²) in [5.74, 6) is 1.15. The molecular weight excluding hydrogens is 264 g/mol. The fourth-order valence-corrected chi connectivity index (χ4v) is 3.45. The van der Waals surface area contributed by atoms with E-state index in [9.17, 15) is 8.42 Å². The van der Waals surface area contributed by atoms with E-state index in [1.165, 1.54) is 0 Å². The zero-order chi connectivity index (χ0) is 14.0. The number of nitrogens with zero attached hydrogens (tertiary/aromatic N) is 3. The third-order valence-electron chi connectivity index (χ3n) is 3.71. The first-order valence-corrected chi connectivity index (χ1v) is 8.12. The maximum Gasteiger partial charge on any atom is 0.209 e. The van der Waals surface area contributed by atoms with Crippen LogP contribution in [0.1, 0.15) is 24.0 Å². The van der Waals surface area contributed by atoms with Gasteiger partial charge in [0.2, 0.25) is 10.0 Å². The normalized spacial score (nSPS) is 17.7. The van der Waals surface area contributed by atoms with Crippen LogP contribution in [-0.4, -0.2) is 37.5 Å². The van der Waals surface area contributed by atoms with Gasteiger partial charge in [0, 0.05) is 13.1 Å². The molecule has 106 valence electrons. The molecule has 0 atom stereocenters. The van der Waals surface area contributed by atoms with Crippen molar-refractivity contribution in [1.29, 1.82) is 0 Å². The Labute approximate surface area is 114 Å². The van der Waals surface area contributed by atoms with Crippen LogP contribution in [0.2, 0.25) is 0 Å². The van der Waals surface area contributed by atoms with Gasteiger partial charge in [0.25, 0.3) is 0 Å². The molecule has 6 nitrogen and oxygen atoms in total. The van der Waals surface area contributed by atoms with Gasteiger partial charge < -0.3 is 4.90 Å². The van der Waals surface area contributed by atoms with E-state index in [2.05, 4.69) is 15.1 Å². The van der Waals surface area contributed by atoms with Crippen LogP contribution in [0.3, 0.4) is 0 Å². The number of aryl methyl sites for hydroxylation is 1. The van der Waals surface area contributed by atoms with E-state index in [-0.39, 0.29) is 11.7 Å². The number of piperidine rings is 1. The average molecular weight is 284 g/mol. The van der Waals surface area contributed by atoms with Gasteiger partial charge in [-0.05, 0) is 43.7 Å². The number of aromatic nitrogens is 2. The van der Waals surface area contributed by atoms with Gasteiger partial charge in [-0.25, -0.2) is 13.6 Å². The van der Waals surface area contributed by atoms with E-state index < -0.39 is 10.0 Å². The standard InChI is InChI=1S/C12H20N4O2S/c1-9-7-14-15-12(10(9)2)16-5-3-11(4-6-16)8-19(13,17)18/h7,11H,3-6,8H2,1-2H3,(H2,13,17,18). The average Bonchev–Trinajstić information content (AvgIpc) is 2.32. The molecule has 1 fully saturated rings. The van der Waals surface area contributed by atoms with Crippen molar-refractivity contribution in [2.45, 2.75) is 26.7 Å². The Morgan fingerprint density at radius 1 is 1.37 bits per heavy atom. The Hall–Kier alpha value is -1.21. The van der Waals surface area contributed by atoms with Gasteiger partial charge in [0.1, 0.15) is 0 Å². The molecule has 0 spiro atoms. The van der Waals surface area contributed by atoms with Crippen LogP contribution in [0.15, 0.2) is 6.20 Å². The quantitative estimate of drug-likeness (QED) is 0.878. The minimum absolute atomic E-state index is 0.0827. The highest BCUT2D eigenvalue weighted by molar-refractivity contribution is 7.89. The van der Waals surface area contributed by atoms with Gasteiger partial charge >= 0.3 is 0 Å². The lowest BCUT2D eigenvalue weighted by Gasteiger charge is -2.33. The van der Waals surface area contributed by atoms with Gasteiger partial charge in [-0.15, -0.1) is 5.10 Å². The molecule has 1 aromatic heterocycles. The Morgan fingerprint density at radius 3 is 2.58 bits per heavy atom. The monoisotopic (exact) mass is 284 g/mol. The summed E-state index contributed by atoms with van der Waals surface area (Å²) in [5.41, 5.74) is 2.26. The predicted molar refractivity (Wildman–Crippen MR) is 74.4 cm³/mol. The second-order valence-electron chi connectivity index (χ2n) is 5.24. The summed E-state index contributed by atoms with van der Waals surface area (Å²) in [4.78, 5) is 2.18. The van der Waals surface area contributed by atoms with Crippen molar-refractivity contribution in [3.05, 3.63) is 17.3 Å². The lowest BCUT2D eigenvalue weighted by atomic mass is 9.98. The topological polar surface area (TPSA) is 89.2 Å². The van der Waals surface area contributed by atoms with Crippen molar-refractivity contribution >= 4 is 15.8 Å². The first-order valence-electron chi connectivity index (χ1n) is 6.41. The summed E-state index contributed by atoms with van der Waals surface area (Å²) in [6.45, 7) is 5.66. The molecule has 0 radical (unpaired) electrons. The molecule has 2 heterocycles.